The van der Waals surface area contributed by atoms with E-state index >= 15 is 0 Å². The summed E-state index contributed by atoms with van der Waals surface area (Å²) < 4.78 is 3.58. The molecule has 7 nitrogen and oxygen atoms in total. The largest absolute Gasteiger partial charge is 0.326 e. The van der Waals surface area contributed by atoms with Gasteiger partial charge in [0.25, 0.3) is 5.56 Å². The fourth-order valence-electron chi connectivity index (χ4n) is 4.21. The van der Waals surface area contributed by atoms with Gasteiger partial charge in [0, 0.05) is 69.7 Å². The zero-order chi connectivity index (χ0) is 22.5. The van der Waals surface area contributed by atoms with E-state index < -0.39 is 0 Å². The Morgan fingerprint density at radius 3 is 2.59 bits per heavy atom. The summed E-state index contributed by atoms with van der Waals surface area (Å²) in [5.74, 6) is 0.771. The van der Waals surface area contributed by atoms with Crippen molar-refractivity contribution in [3.05, 3.63) is 76.0 Å². The van der Waals surface area contributed by atoms with E-state index in [0.29, 0.717) is 30.0 Å². The average Bonchev–Trinajstić information content (AvgIpc) is 3.22. The van der Waals surface area contributed by atoms with Gasteiger partial charge in [-0.25, -0.2) is 4.98 Å². The smallest absolute Gasteiger partial charge is 0.253 e. The number of hydrogen-bond acceptors (Lipinski definition) is 5. The van der Waals surface area contributed by atoms with Crippen LogP contribution in [-0.2, 0) is 13.6 Å². The Morgan fingerprint density at radius 2 is 1.88 bits per heavy atom. The molecule has 0 unspecified atom stereocenters. The number of benzene rings is 1. The number of piperazine rings is 1. The minimum Gasteiger partial charge on any atom is -0.326 e. The number of carbonyl (C=O) groups excluding carboxylic acids is 1. The van der Waals surface area contributed by atoms with Crippen molar-refractivity contribution in [1.82, 2.24) is 24.3 Å². The van der Waals surface area contributed by atoms with Crippen molar-refractivity contribution in [1.29, 1.82) is 0 Å². The van der Waals surface area contributed by atoms with E-state index in [0.717, 1.165) is 50.3 Å². The SMILES string of the molecule is Cc1cc(-c2nc(C(=O)CCCN3CCNCC3)cn2Cc2ccccc2)cn(C)c1=O. The second-order valence-electron chi connectivity index (χ2n) is 8.51. The summed E-state index contributed by atoms with van der Waals surface area (Å²) in [6.45, 7) is 7.45. The second kappa shape index (κ2) is 10.1. The van der Waals surface area contributed by atoms with E-state index in [-0.39, 0.29) is 11.3 Å². The van der Waals surface area contributed by atoms with Crippen molar-refractivity contribution >= 4 is 5.78 Å². The zero-order valence-corrected chi connectivity index (χ0v) is 18.9. The molecular formula is C25H31N5O2. The van der Waals surface area contributed by atoms with Crippen LogP contribution in [0.1, 0.15) is 34.5 Å². The molecule has 4 rings (SSSR count). The molecule has 1 aliphatic rings. The first-order valence-electron chi connectivity index (χ1n) is 11.3. The van der Waals surface area contributed by atoms with Gasteiger partial charge in [0.1, 0.15) is 11.5 Å². The Balaban J connectivity index is 1.57. The third kappa shape index (κ3) is 5.23. The molecular weight excluding hydrogens is 402 g/mol. The lowest BCUT2D eigenvalue weighted by atomic mass is 10.1. The third-order valence-corrected chi connectivity index (χ3v) is 5.97. The number of aromatic nitrogens is 3. The summed E-state index contributed by atoms with van der Waals surface area (Å²) in [4.78, 5) is 32.3. The Morgan fingerprint density at radius 1 is 1.12 bits per heavy atom. The number of pyridine rings is 1. The second-order valence-corrected chi connectivity index (χ2v) is 8.51. The standard InChI is InChI=1S/C25H31N5O2/c1-19-15-21(17-28(2)25(19)32)24-27-22(18-30(24)16-20-7-4-3-5-8-20)23(31)9-6-12-29-13-10-26-11-14-29/h3-5,7-8,15,17-18,26H,6,9-14,16H2,1-2H3. The summed E-state index contributed by atoms with van der Waals surface area (Å²) >= 11 is 0. The number of ketones is 1. The van der Waals surface area contributed by atoms with Crippen molar-refractivity contribution in [3.8, 4) is 11.4 Å². The molecule has 7 heteroatoms. The summed E-state index contributed by atoms with van der Waals surface area (Å²) in [5.41, 5.74) is 3.08. The molecule has 0 amide bonds. The third-order valence-electron chi connectivity index (χ3n) is 5.97. The van der Waals surface area contributed by atoms with Crippen LogP contribution in [0.3, 0.4) is 0 Å². The average molecular weight is 434 g/mol. The maximum absolute atomic E-state index is 13.0. The van der Waals surface area contributed by atoms with Crippen LogP contribution in [0.5, 0.6) is 0 Å². The Labute approximate surface area is 188 Å². The number of nitrogens with zero attached hydrogens (tertiary/aromatic N) is 4. The molecule has 1 aliphatic heterocycles. The number of nitrogens with one attached hydrogen (secondary N) is 1. The Bertz CT molecular complexity index is 1100. The van der Waals surface area contributed by atoms with Crippen molar-refractivity contribution in [2.45, 2.75) is 26.3 Å². The Kier molecular flexibility index (Phi) is 6.97. The summed E-state index contributed by atoms with van der Waals surface area (Å²) in [6, 6.07) is 12.0. The monoisotopic (exact) mass is 433 g/mol. The van der Waals surface area contributed by atoms with E-state index in [4.69, 9.17) is 4.98 Å². The fourth-order valence-corrected chi connectivity index (χ4v) is 4.21. The highest BCUT2D eigenvalue weighted by Gasteiger charge is 2.18. The van der Waals surface area contributed by atoms with Crippen molar-refractivity contribution in [2.24, 2.45) is 7.05 Å². The van der Waals surface area contributed by atoms with Gasteiger partial charge in [-0.2, -0.15) is 0 Å². The number of aryl methyl sites for hydroxylation is 2. The van der Waals surface area contributed by atoms with Crippen LogP contribution in [0.15, 0.2) is 53.6 Å². The van der Waals surface area contributed by atoms with Gasteiger partial charge in [0.05, 0.1) is 0 Å². The van der Waals surface area contributed by atoms with Gasteiger partial charge in [0.15, 0.2) is 5.78 Å². The number of carbonyl (C=O) groups is 1. The topological polar surface area (TPSA) is 72.2 Å². The fraction of sp³-hybridized carbons (Fsp3) is 0.400. The molecule has 0 aliphatic carbocycles. The van der Waals surface area contributed by atoms with E-state index in [9.17, 15) is 9.59 Å². The predicted octanol–water partition coefficient (Wildman–Crippen LogP) is 2.47. The van der Waals surface area contributed by atoms with Crippen molar-refractivity contribution in [2.75, 3.05) is 32.7 Å². The maximum Gasteiger partial charge on any atom is 0.253 e. The normalized spacial score (nSPS) is 14.6. The van der Waals surface area contributed by atoms with Crippen molar-refractivity contribution in [3.63, 3.8) is 0 Å². The molecule has 1 N–H and O–H groups in total. The first-order chi connectivity index (χ1) is 15.5. The first kappa shape index (κ1) is 22.2. The number of hydrogen-bond donors (Lipinski definition) is 1. The quantitative estimate of drug-likeness (QED) is 0.553. The van der Waals surface area contributed by atoms with Gasteiger partial charge >= 0.3 is 0 Å². The van der Waals surface area contributed by atoms with Gasteiger partial charge in [-0.15, -0.1) is 0 Å². The summed E-state index contributed by atoms with van der Waals surface area (Å²) in [7, 11) is 1.74. The van der Waals surface area contributed by atoms with Gasteiger partial charge in [0.2, 0.25) is 0 Å². The summed E-state index contributed by atoms with van der Waals surface area (Å²) in [5, 5.41) is 3.35. The van der Waals surface area contributed by atoms with Crippen LogP contribution in [-0.4, -0.2) is 57.5 Å². The Hall–Kier alpha value is -3.03. The molecule has 0 spiro atoms. The molecule has 32 heavy (non-hydrogen) atoms. The van der Waals surface area contributed by atoms with Crippen LogP contribution >= 0.6 is 0 Å². The predicted molar refractivity (Wildman–Crippen MR) is 126 cm³/mol. The molecule has 0 bridgehead atoms. The minimum atomic E-state index is -0.0286. The van der Waals surface area contributed by atoms with Crippen LogP contribution in [0.4, 0.5) is 0 Å². The van der Waals surface area contributed by atoms with Gasteiger partial charge in [-0.05, 0) is 31.5 Å². The van der Waals surface area contributed by atoms with Crippen molar-refractivity contribution < 1.29 is 4.79 Å². The van der Waals surface area contributed by atoms with E-state index in [1.54, 1.807) is 24.7 Å². The lowest BCUT2D eigenvalue weighted by molar-refractivity contribution is 0.0969. The lowest BCUT2D eigenvalue weighted by Gasteiger charge is -2.26. The number of imidazole rings is 1. The van der Waals surface area contributed by atoms with Crippen LogP contribution in [0.25, 0.3) is 11.4 Å². The van der Waals surface area contributed by atoms with E-state index in [1.807, 2.05) is 35.0 Å². The van der Waals surface area contributed by atoms with Gasteiger partial charge < -0.3 is 19.4 Å². The van der Waals surface area contributed by atoms with Gasteiger partial charge in [-0.3, -0.25) is 9.59 Å². The van der Waals surface area contributed by atoms with Crippen LogP contribution < -0.4 is 10.9 Å². The minimum absolute atomic E-state index is 0.0286. The zero-order valence-electron chi connectivity index (χ0n) is 18.9. The van der Waals surface area contributed by atoms with E-state index in [1.165, 1.54) is 0 Å². The molecule has 3 aromatic rings. The molecule has 1 fully saturated rings. The highest BCUT2D eigenvalue weighted by Crippen LogP contribution is 2.21. The van der Waals surface area contributed by atoms with Gasteiger partial charge in [-0.1, -0.05) is 30.3 Å². The molecule has 0 radical (unpaired) electrons. The summed E-state index contributed by atoms with van der Waals surface area (Å²) in [6.07, 6.45) is 4.96. The number of rotatable bonds is 8. The molecule has 1 aromatic carbocycles. The molecule has 3 heterocycles. The van der Waals surface area contributed by atoms with E-state index in [2.05, 4.69) is 22.3 Å². The molecule has 168 valence electrons. The molecule has 2 aromatic heterocycles. The molecule has 0 atom stereocenters. The number of Topliss-reactive ketones (excluding diaryl/α,β-unsaturated/α-hetero) is 1. The lowest BCUT2D eigenvalue weighted by Crippen LogP contribution is -2.43. The molecule has 0 saturated carbocycles. The van der Waals surface area contributed by atoms with Crippen LogP contribution in [0.2, 0.25) is 0 Å². The highest BCUT2D eigenvalue weighted by atomic mass is 16.1. The molecule has 1 saturated heterocycles. The first-order valence-corrected chi connectivity index (χ1v) is 11.3. The maximum atomic E-state index is 13.0. The van der Waals surface area contributed by atoms with Crippen LogP contribution in [0, 0.1) is 6.92 Å². The highest BCUT2D eigenvalue weighted by molar-refractivity contribution is 5.94.